The smallest absolute Gasteiger partial charge is 0.310 e. The topological polar surface area (TPSA) is 75.3 Å². The van der Waals surface area contributed by atoms with E-state index in [9.17, 15) is 9.59 Å². The van der Waals surface area contributed by atoms with Crippen LogP contribution in [0, 0.1) is 5.92 Å². The van der Waals surface area contributed by atoms with E-state index in [0.717, 1.165) is 48.9 Å². The summed E-state index contributed by atoms with van der Waals surface area (Å²) in [5, 5.41) is 0.796. The first-order chi connectivity index (χ1) is 12.2. The van der Waals surface area contributed by atoms with E-state index in [1.807, 2.05) is 6.92 Å². The molecule has 0 spiro atoms. The Bertz CT molecular complexity index is 857. The van der Waals surface area contributed by atoms with Crippen LogP contribution in [-0.2, 0) is 28.9 Å². The molecule has 2 aromatic rings. The summed E-state index contributed by atoms with van der Waals surface area (Å²) in [4.78, 5) is 36.6. The number of fused-ring (bicyclic) bond motifs is 3. The van der Waals surface area contributed by atoms with Crippen LogP contribution in [0.5, 0.6) is 0 Å². The molecule has 0 amide bonds. The largest absolute Gasteiger partial charge is 0.466 e. The molecule has 0 bridgehead atoms. The molecule has 3 heterocycles. The van der Waals surface area contributed by atoms with Gasteiger partial charge < -0.3 is 9.72 Å². The zero-order chi connectivity index (χ0) is 17.4. The van der Waals surface area contributed by atoms with Crippen LogP contribution in [0.1, 0.15) is 42.5 Å². The number of carbonyl (C=O) groups is 1. The summed E-state index contributed by atoms with van der Waals surface area (Å²) in [5.41, 5.74) is 1.19. The molecule has 0 radical (unpaired) electrons. The Kier molecular flexibility index (Phi) is 4.60. The predicted octanol–water partition coefficient (Wildman–Crippen LogP) is 2.25. The molecule has 1 N–H and O–H groups in total. The van der Waals surface area contributed by atoms with E-state index < -0.39 is 0 Å². The number of carbonyl (C=O) groups excluding carboxylic acids is 1. The lowest BCUT2D eigenvalue weighted by atomic mass is 9.98. The van der Waals surface area contributed by atoms with Crippen LogP contribution in [0.25, 0.3) is 10.2 Å². The third kappa shape index (κ3) is 3.22. The molecule has 1 aliphatic carbocycles. The summed E-state index contributed by atoms with van der Waals surface area (Å²) < 4.78 is 5.15. The molecule has 1 aliphatic heterocycles. The highest BCUT2D eigenvalue weighted by Crippen LogP contribution is 2.34. The minimum atomic E-state index is -0.112. The second-order valence-corrected chi connectivity index (χ2v) is 7.96. The van der Waals surface area contributed by atoms with Gasteiger partial charge in [-0.15, -0.1) is 11.3 Å². The van der Waals surface area contributed by atoms with Crippen molar-refractivity contribution in [2.45, 2.75) is 45.6 Å². The van der Waals surface area contributed by atoms with Crippen LogP contribution in [0.15, 0.2) is 4.79 Å². The maximum atomic E-state index is 12.5. The number of ether oxygens (including phenoxy) is 1. The number of aromatic amines is 1. The minimum Gasteiger partial charge on any atom is -0.466 e. The van der Waals surface area contributed by atoms with Gasteiger partial charge in [0, 0.05) is 11.4 Å². The number of aryl methyl sites for hydroxylation is 2. The van der Waals surface area contributed by atoms with Crippen LogP contribution < -0.4 is 5.56 Å². The summed E-state index contributed by atoms with van der Waals surface area (Å²) in [5.74, 6) is 0.510. The molecule has 6 nitrogen and oxygen atoms in total. The Morgan fingerprint density at radius 2 is 2.28 bits per heavy atom. The van der Waals surface area contributed by atoms with E-state index in [-0.39, 0.29) is 17.4 Å². The van der Waals surface area contributed by atoms with Gasteiger partial charge in [0.1, 0.15) is 10.7 Å². The number of H-pyrrole nitrogens is 1. The summed E-state index contributed by atoms with van der Waals surface area (Å²) >= 11 is 1.67. The van der Waals surface area contributed by atoms with Crippen molar-refractivity contribution < 1.29 is 9.53 Å². The molecule has 1 saturated heterocycles. The molecule has 0 aromatic carbocycles. The van der Waals surface area contributed by atoms with Crippen LogP contribution in [0.3, 0.4) is 0 Å². The van der Waals surface area contributed by atoms with Gasteiger partial charge in [0.05, 0.1) is 24.5 Å². The molecule has 1 atom stereocenters. The average molecular weight is 361 g/mol. The number of aromatic nitrogens is 2. The van der Waals surface area contributed by atoms with Gasteiger partial charge in [-0.3, -0.25) is 14.5 Å². The van der Waals surface area contributed by atoms with Crippen LogP contribution in [-0.4, -0.2) is 40.5 Å². The zero-order valence-electron chi connectivity index (χ0n) is 14.5. The molecule has 7 heteroatoms. The van der Waals surface area contributed by atoms with Gasteiger partial charge >= 0.3 is 5.97 Å². The van der Waals surface area contributed by atoms with Gasteiger partial charge in [0.2, 0.25) is 0 Å². The molecular weight excluding hydrogens is 338 g/mol. The zero-order valence-corrected chi connectivity index (χ0v) is 15.3. The van der Waals surface area contributed by atoms with E-state index in [1.165, 1.54) is 10.4 Å². The Hall–Kier alpha value is -1.73. The van der Waals surface area contributed by atoms with Gasteiger partial charge in [-0.25, -0.2) is 4.98 Å². The number of hydrogen-bond donors (Lipinski definition) is 1. The maximum absolute atomic E-state index is 12.5. The van der Waals surface area contributed by atoms with Crippen molar-refractivity contribution in [1.29, 1.82) is 0 Å². The number of nitrogens with zero attached hydrogens (tertiary/aromatic N) is 2. The number of likely N-dealkylation sites (tertiary alicyclic amines) is 1. The van der Waals surface area contributed by atoms with Crippen molar-refractivity contribution in [3.05, 3.63) is 26.6 Å². The van der Waals surface area contributed by atoms with Crippen LogP contribution in [0.2, 0.25) is 0 Å². The highest BCUT2D eigenvalue weighted by atomic mass is 32.1. The van der Waals surface area contributed by atoms with Crippen LogP contribution >= 0.6 is 11.3 Å². The Balaban J connectivity index is 1.53. The number of esters is 1. The highest BCUT2D eigenvalue weighted by molar-refractivity contribution is 7.18. The second-order valence-electron chi connectivity index (χ2n) is 6.88. The highest BCUT2D eigenvalue weighted by Gasteiger charge is 2.27. The van der Waals surface area contributed by atoms with Crippen molar-refractivity contribution in [3.63, 3.8) is 0 Å². The van der Waals surface area contributed by atoms with E-state index in [0.29, 0.717) is 25.5 Å². The number of hydrogen-bond acceptors (Lipinski definition) is 6. The lowest BCUT2D eigenvalue weighted by Gasteiger charge is -2.30. The summed E-state index contributed by atoms with van der Waals surface area (Å²) in [6, 6.07) is 0. The number of thiophene rings is 1. The third-order valence-corrected chi connectivity index (χ3v) is 6.31. The molecule has 134 valence electrons. The molecule has 2 aliphatic rings. The van der Waals surface area contributed by atoms with Gasteiger partial charge in [0.25, 0.3) is 5.56 Å². The van der Waals surface area contributed by atoms with Crippen molar-refractivity contribution >= 4 is 27.5 Å². The third-order valence-electron chi connectivity index (χ3n) is 5.12. The standard InChI is InChI=1S/C18H23N3O3S/c1-2-24-18(23)11-5-4-8-21(9-11)10-14-19-16(22)15-12-6-3-7-13(12)25-17(15)20-14/h11H,2-10H2,1H3,(H,19,20,22)/t11-/m0/s1. The van der Waals surface area contributed by atoms with Crippen LogP contribution in [0.4, 0.5) is 0 Å². The molecule has 0 unspecified atom stereocenters. The van der Waals surface area contributed by atoms with Gasteiger partial charge in [-0.05, 0) is 51.1 Å². The van der Waals surface area contributed by atoms with E-state index in [2.05, 4.69) is 9.88 Å². The minimum absolute atomic E-state index is 0.0154. The van der Waals surface area contributed by atoms with Crippen molar-refractivity contribution in [2.24, 2.45) is 5.92 Å². The summed E-state index contributed by atoms with van der Waals surface area (Å²) in [6.45, 7) is 4.41. The van der Waals surface area contributed by atoms with Crippen molar-refractivity contribution in [3.8, 4) is 0 Å². The normalized spacial score (nSPS) is 20.8. The predicted molar refractivity (Wildman–Crippen MR) is 96.9 cm³/mol. The van der Waals surface area contributed by atoms with E-state index in [4.69, 9.17) is 9.72 Å². The first-order valence-corrected chi connectivity index (χ1v) is 9.89. The fourth-order valence-electron chi connectivity index (χ4n) is 3.99. The quantitative estimate of drug-likeness (QED) is 0.846. The second kappa shape index (κ2) is 6.88. The number of piperidine rings is 1. The first-order valence-electron chi connectivity index (χ1n) is 9.08. The summed E-state index contributed by atoms with van der Waals surface area (Å²) in [7, 11) is 0. The van der Waals surface area contributed by atoms with E-state index in [1.54, 1.807) is 11.3 Å². The Labute approximate surface area is 150 Å². The van der Waals surface area contributed by atoms with E-state index >= 15 is 0 Å². The Morgan fingerprint density at radius 1 is 1.40 bits per heavy atom. The number of rotatable bonds is 4. The lowest BCUT2D eigenvalue weighted by molar-refractivity contribution is -0.150. The van der Waals surface area contributed by atoms with Crippen molar-refractivity contribution in [1.82, 2.24) is 14.9 Å². The Morgan fingerprint density at radius 3 is 3.12 bits per heavy atom. The summed E-state index contributed by atoms with van der Waals surface area (Å²) in [6.07, 6.45) is 5.03. The molecule has 4 rings (SSSR count). The van der Waals surface area contributed by atoms with Gasteiger partial charge in [-0.1, -0.05) is 0 Å². The fourth-order valence-corrected chi connectivity index (χ4v) is 5.27. The molecular formula is C18H23N3O3S. The molecule has 0 saturated carbocycles. The molecule has 2 aromatic heterocycles. The SMILES string of the molecule is CCOC(=O)[C@H]1CCCN(Cc2nc3sc4c(c3c(=O)[nH]2)CCC4)C1. The molecule has 1 fully saturated rings. The monoisotopic (exact) mass is 361 g/mol. The lowest BCUT2D eigenvalue weighted by Crippen LogP contribution is -2.39. The maximum Gasteiger partial charge on any atom is 0.310 e. The molecule has 25 heavy (non-hydrogen) atoms. The van der Waals surface area contributed by atoms with Crippen molar-refractivity contribution in [2.75, 3.05) is 19.7 Å². The number of nitrogens with one attached hydrogen (secondary N) is 1. The van der Waals surface area contributed by atoms with Gasteiger partial charge in [0.15, 0.2) is 0 Å². The first kappa shape index (κ1) is 16.7. The average Bonchev–Trinajstić information content (AvgIpc) is 3.15. The fraction of sp³-hybridized carbons (Fsp3) is 0.611. The van der Waals surface area contributed by atoms with Gasteiger partial charge in [-0.2, -0.15) is 0 Å².